The summed E-state index contributed by atoms with van der Waals surface area (Å²) in [6.45, 7) is 7.06. The van der Waals surface area contributed by atoms with Crippen molar-refractivity contribution in [3.63, 3.8) is 0 Å². The Morgan fingerprint density at radius 2 is 2.10 bits per heavy atom. The second-order valence-electron chi connectivity index (χ2n) is 5.23. The molecule has 1 heterocycles. The average Bonchev–Trinajstić information content (AvgIpc) is 2.76. The van der Waals surface area contributed by atoms with Gasteiger partial charge in [0.1, 0.15) is 5.75 Å². The fraction of sp³-hybridized carbons (Fsp3) is 0.375. The van der Waals surface area contributed by atoms with Crippen LogP contribution in [0.5, 0.6) is 5.75 Å². The van der Waals surface area contributed by atoms with Crippen molar-refractivity contribution in [3.05, 3.63) is 46.8 Å². The number of carbonyl (C=O) groups excluding carboxylic acids is 1. The van der Waals surface area contributed by atoms with E-state index in [9.17, 15) is 9.90 Å². The summed E-state index contributed by atoms with van der Waals surface area (Å²) in [6, 6.07) is 7.19. The van der Waals surface area contributed by atoms with Gasteiger partial charge in [-0.15, -0.1) is 0 Å². The molecule has 21 heavy (non-hydrogen) atoms. The van der Waals surface area contributed by atoms with E-state index in [1.165, 1.54) is 0 Å². The largest absolute Gasteiger partial charge is 0.507 e. The number of phenols is 1. The van der Waals surface area contributed by atoms with Crippen molar-refractivity contribution in [2.24, 2.45) is 0 Å². The molecule has 1 amide bonds. The van der Waals surface area contributed by atoms with Gasteiger partial charge in [-0.2, -0.15) is 5.10 Å². The molecule has 0 aliphatic rings. The first-order chi connectivity index (χ1) is 9.99. The van der Waals surface area contributed by atoms with Crippen LogP contribution in [0.25, 0.3) is 0 Å². The fourth-order valence-electron chi connectivity index (χ4n) is 2.27. The number of hydrogen-bond acceptors (Lipinski definition) is 3. The van der Waals surface area contributed by atoms with Gasteiger partial charge in [-0.1, -0.05) is 12.1 Å². The van der Waals surface area contributed by atoms with Crippen LogP contribution >= 0.6 is 0 Å². The second-order valence-corrected chi connectivity index (χ2v) is 5.23. The number of hydrogen-bond donors (Lipinski definition) is 2. The van der Waals surface area contributed by atoms with E-state index in [1.54, 1.807) is 25.1 Å². The number of aromatic nitrogens is 2. The number of para-hydroxylation sites is 1. The van der Waals surface area contributed by atoms with Crippen LogP contribution in [-0.2, 0) is 6.54 Å². The first-order valence-corrected chi connectivity index (χ1v) is 7.07. The zero-order valence-electron chi connectivity index (χ0n) is 12.7. The number of nitrogens with zero attached hydrogens (tertiary/aromatic N) is 2. The molecule has 112 valence electrons. The Morgan fingerprint density at radius 1 is 1.33 bits per heavy atom. The van der Waals surface area contributed by atoms with Crippen LogP contribution in [0.2, 0.25) is 0 Å². The van der Waals surface area contributed by atoms with Crippen LogP contribution in [0.3, 0.4) is 0 Å². The minimum absolute atomic E-state index is 0.0496. The van der Waals surface area contributed by atoms with Crippen LogP contribution in [0.1, 0.15) is 33.7 Å². The summed E-state index contributed by atoms with van der Waals surface area (Å²) in [6.07, 6.45) is 0.792. The Balaban J connectivity index is 1.85. The monoisotopic (exact) mass is 287 g/mol. The highest BCUT2D eigenvalue weighted by atomic mass is 16.3. The van der Waals surface area contributed by atoms with Crippen molar-refractivity contribution in [3.8, 4) is 5.75 Å². The van der Waals surface area contributed by atoms with Crippen LogP contribution in [0.4, 0.5) is 0 Å². The maximum Gasteiger partial charge on any atom is 0.255 e. The van der Waals surface area contributed by atoms with Gasteiger partial charge in [-0.25, -0.2) is 0 Å². The Bertz CT molecular complexity index is 647. The lowest BCUT2D eigenvalue weighted by Gasteiger charge is -2.09. The van der Waals surface area contributed by atoms with Gasteiger partial charge in [-0.3, -0.25) is 9.48 Å². The van der Waals surface area contributed by atoms with E-state index in [0.717, 1.165) is 24.4 Å². The van der Waals surface area contributed by atoms with Gasteiger partial charge in [0.25, 0.3) is 5.91 Å². The molecule has 5 heteroatoms. The number of amides is 1. The van der Waals surface area contributed by atoms with Crippen molar-refractivity contribution in [2.75, 3.05) is 6.54 Å². The molecule has 0 aliphatic heterocycles. The van der Waals surface area contributed by atoms with E-state index in [4.69, 9.17) is 0 Å². The topological polar surface area (TPSA) is 67.2 Å². The summed E-state index contributed by atoms with van der Waals surface area (Å²) in [4.78, 5) is 12.0. The van der Waals surface area contributed by atoms with Crippen LogP contribution in [0, 0.1) is 20.8 Å². The van der Waals surface area contributed by atoms with Crippen molar-refractivity contribution >= 4 is 5.91 Å². The molecule has 2 rings (SSSR count). The van der Waals surface area contributed by atoms with Gasteiger partial charge >= 0.3 is 0 Å². The lowest BCUT2D eigenvalue weighted by atomic mass is 10.1. The predicted molar refractivity (Wildman–Crippen MR) is 81.5 cm³/mol. The van der Waals surface area contributed by atoms with Crippen LogP contribution in [-0.4, -0.2) is 27.3 Å². The predicted octanol–water partition coefficient (Wildman–Crippen LogP) is 2.33. The highest BCUT2D eigenvalue weighted by molar-refractivity contribution is 5.97. The van der Waals surface area contributed by atoms with E-state index >= 15 is 0 Å². The first-order valence-electron chi connectivity index (χ1n) is 7.07. The number of aromatic hydroxyl groups is 1. The first kappa shape index (κ1) is 15.1. The summed E-state index contributed by atoms with van der Waals surface area (Å²) >= 11 is 0. The third-order valence-electron chi connectivity index (χ3n) is 3.42. The summed E-state index contributed by atoms with van der Waals surface area (Å²) in [5, 5.41) is 17.1. The van der Waals surface area contributed by atoms with Gasteiger partial charge in [0.05, 0.1) is 11.3 Å². The summed E-state index contributed by atoms with van der Waals surface area (Å²) in [5.41, 5.74) is 3.14. The van der Waals surface area contributed by atoms with E-state index in [2.05, 4.69) is 10.4 Å². The lowest BCUT2D eigenvalue weighted by Crippen LogP contribution is -2.25. The Kier molecular flexibility index (Phi) is 4.62. The molecule has 1 aromatic heterocycles. The van der Waals surface area contributed by atoms with Gasteiger partial charge < -0.3 is 10.4 Å². The van der Waals surface area contributed by atoms with Crippen molar-refractivity contribution < 1.29 is 9.90 Å². The molecule has 5 nitrogen and oxygen atoms in total. The highest BCUT2D eigenvalue weighted by Gasteiger charge is 2.11. The molecule has 0 saturated heterocycles. The highest BCUT2D eigenvalue weighted by Crippen LogP contribution is 2.20. The lowest BCUT2D eigenvalue weighted by molar-refractivity contribution is 0.0950. The quantitative estimate of drug-likeness (QED) is 0.829. The summed E-state index contributed by atoms with van der Waals surface area (Å²) < 4.78 is 1.94. The zero-order chi connectivity index (χ0) is 15.4. The smallest absolute Gasteiger partial charge is 0.255 e. The maximum absolute atomic E-state index is 12.0. The molecule has 0 spiro atoms. The Labute approximate surface area is 124 Å². The number of carbonyl (C=O) groups is 1. The fourth-order valence-corrected chi connectivity index (χ4v) is 2.27. The number of aryl methyl sites for hydroxylation is 4. The van der Waals surface area contributed by atoms with Crippen molar-refractivity contribution in [2.45, 2.75) is 33.7 Å². The van der Waals surface area contributed by atoms with E-state index in [-0.39, 0.29) is 11.7 Å². The SMILES string of the molecule is Cc1cc(C)n(CCCNC(=O)c2cccc(C)c2O)n1. The maximum atomic E-state index is 12.0. The van der Waals surface area contributed by atoms with Gasteiger partial charge in [0.15, 0.2) is 0 Å². The van der Waals surface area contributed by atoms with Crippen molar-refractivity contribution in [1.29, 1.82) is 0 Å². The molecule has 1 aromatic carbocycles. The number of benzene rings is 1. The molecular formula is C16H21N3O2. The third kappa shape index (κ3) is 3.62. The summed E-state index contributed by atoms with van der Waals surface area (Å²) in [7, 11) is 0. The molecule has 0 saturated carbocycles. The second kappa shape index (κ2) is 6.43. The van der Waals surface area contributed by atoms with E-state index in [0.29, 0.717) is 17.7 Å². The number of phenolic OH excluding ortho intramolecular Hbond substituents is 1. The molecule has 2 N–H and O–H groups in total. The Morgan fingerprint density at radius 3 is 2.76 bits per heavy atom. The molecule has 2 aromatic rings. The van der Waals surface area contributed by atoms with Crippen LogP contribution < -0.4 is 5.32 Å². The van der Waals surface area contributed by atoms with E-state index in [1.807, 2.05) is 24.6 Å². The zero-order valence-corrected chi connectivity index (χ0v) is 12.7. The minimum atomic E-state index is -0.246. The van der Waals surface area contributed by atoms with E-state index < -0.39 is 0 Å². The van der Waals surface area contributed by atoms with Gasteiger partial charge in [0, 0.05) is 18.8 Å². The number of nitrogens with one attached hydrogen (secondary N) is 1. The molecule has 0 atom stereocenters. The number of rotatable bonds is 5. The Hall–Kier alpha value is -2.30. The summed E-state index contributed by atoms with van der Waals surface area (Å²) in [5.74, 6) is -0.196. The minimum Gasteiger partial charge on any atom is -0.507 e. The van der Waals surface area contributed by atoms with Gasteiger partial charge in [-0.05, 0) is 44.9 Å². The molecule has 0 aliphatic carbocycles. The standard InChI is InChI=1S/C16H21N3O2/c1-11-6-4-7-14(15(11)20)16(21)17-8-5-9-19-13(3)10-12(2)18-19/h4,6-7,10,20H,5,8-9H2,1-3H3,(H,17,21). The third-order valence-corrected chi connectivity index (χ3v) is 3.42. The van der Waals surface area contributed by atoms with Crippen LogP contribution in [0.15, 0.2) is 24.3 Å². The molecule has 0 radical (unpaired) electrons. The normalized spacial score (nSPS) is 10.6. The average molecular weight is 287 g/mol. The molecule has 0 unspecified atom stereocenters. The molecule has 0 bridgehead atoms. The van der Waals surface area contributed by atoms with Crippen molar-refractivity contribution in [1.82, 2.24) is 15.1 Å². The molecule has 0 fully saturated rings. The van der Waals surface area contributed by atoms with Gasteiger partial charge in [0.2, 0.25) is 0 Å². The molecular weight excluding hydrogens is 266 g/mol.